The molecule has 0 spiro atoms. The number of nitrogens with one attached hydrogen (secondary N) is 2. The first kappa shape index (κ1) is 16.0. The number of hydrogen-bond acceptors (Lipinski definition) is 5. The molecule has 0 bridgehead atoms. The summed E-state index contributed by atoms with van der Waals surface area (Å²) in [6.45, 7) is 0. The van der Waals surface area contributed by atoms with Crippen molar-refractivity contribution in [2.45, 2.75) is 23.5 Å². The van der Waals surface area contributed by atoms with Crippen LogP contribution in [0.3, 0.4) is 0 Å². The second kappa shape index (κ2) is 6.43. The van der Waals surface area contributed by atoms with Crippen molar-refractivity contribution in [2.75, 3.05) is 0 Å². The van der Waals surface area contributed by atoms with Gasteiger partial charge in [0.05, 0.1) is 6.21 Å². The number of alkyl halides is 1. The van der Waals surface area contributed by atoms with Crippen molar-refractivity contribution in [3.8, 4) is 0 Å². The number of allylic oxidation sites excluding steroid dienone is 2. The minimum absolute atomic E-state index is 0.650. The first-order chi connectivity index (χ1) is 12.2. The van der Waals surface area contributed by atoms with Crippen LogP contribution in [0.25, 0.3) is 0 Å². The molecule has 0 aromatic carbocycles. The van der Waals surface area contributed by atoms with E-state index in [1.807, 2.05) is 42.6 Å². The molecule has 2 atom stereocenters. The van der Waals surface area contributed by atoms with Gasteiger partial charge >= 0.3 is 0 Å². The number of aromatic nitrogens is 2. The van der Waals surface area contributed by atoms with Crippen molar-refractivity contribution in [1.82, 2.24) is 20.7 Å². The van der Waals surface area contributed by atoms with Crippen LogP contribution in [0.1, 0.15) is 23.1 Å². The fourth-order valence-corrected chi connectivity index (χ4v) is 3.59. The maximum atomic E-state index is 6.86. The molecule has 2 aromatic heterocycles. The highest BCUT2D eigenvalue weighted by atomic mass is 35.5. The smallest absolute Gasteiger partial charge is 0.138 e. The minimum atomic E-state index is -0.700. The van der Waals surface area contributed by atoms with Gasteiger partial charge in [0.15, 0.2) is 0 Å². The quantitative estimate of drug-likeness (QED) is 0.657. The van der Waals surface area contributed by atoms with Crippen molar-refractivity contribution in [1.29, 1.82) is 0 Å². The topological polar surface area (TPSA) is 62.2 Å². The van der Waals surface area contributed by atoms with Gasteiger partial charge in [-0.15, -0.1) is 0 Å². The molecule has 1 aliphatic carbocycles. The normalized spacial score (nSPS) is 26.9. The lowest BCUT2D eigenvalue weighted by atomic mass is 9.88. The van der Waals surface area contributed by atoms with Crippen molar-refractivity contribution < 1.29 is 0 Å². The van der Waals surface area contributed by atoms with E-state index >= 15 is 0 Å². The Morgan fingerprint density at radius 1 is 1.12 bits per heavy atom. The molecule has 0 saturated carbocycles. The maximum absolute atomic E-state index is 6.86. The molecule has 2 unspecified atom stereocenters. The first-order valence-electron chi connectivity index (χ1n) is 8.15. The third kappa shape index (κ3) is 3.21. The average Bonchev–Trinajstić information content (AvgIpc) is 2.63. The molecule has 126 valence electrons. The maximum Gasteiger partial charge on any atom is 0.138 e. The number of nitrogens with zero attached hydrogens (tertiary/aromatic N) is 3. The standard InChI is InChI=1S/C19H18ClN5/c20-18(7-2-1-3-8-18)24-19(12-15-4-9-21-10-5-15)17-14-22-11-6-16(17)13-23-25-19/h1-7,9-11,13-14,24-25H,8,12H2. The minimum Gasteiger partial charge on any atom is -0.285 e. The Kier molecular flexibility index (Phi) is 4.11. The Morgan fingerprint density at radius 2 is 1.96 bits per heavy atom. The first-order valence-corrected chi connectivity index (χ1v) is 8.53. The van der Waals surface area contributed by atoms with E-state index in [2.05, 4.69) is 31.9 Å². The molecule has 0 radical (unpaired) electrons. The summed E-state index contributed by atoms with van der Waals surface area (Å²) < 4.78 is 0. The summed E-state index contributed by atoms with van der Waals surface area (Å²) in [6, 6.07) is 5.95. The monoisotopic (exact) mass is 351 g/mol. The number of rotatable bonds is 4. The number of hydrazone groups is 1. The van der Waals surface area contributed by atoms with Gasteiger partial charge in [0, 0.05) is 48.8 Å². The lowest BCUT2D eigenvalue weighted by molar-refractivity contribution is 0.225. The SMILES string of the molecule is ClC1(NC2(Cc3ccncc3)NN=Cc3ccncc32)C=CC=CC1. The highest BCUT2D eigenvalue weighted by Crippen LogP contribution is 2.34. The van der Waals surface area contributed by atoms with Gasteiger partial charge in [-0.05, 0) is 29.8 Å². The molecule has 6 heteroatoms. The van der Waals surface area contributed by atoms with E-state index in [0.717, 1.165) is 16.7 Å². The van der Waals surface area contributed by atoms with Crippen molar-refractivity contribution >= 4 is 17.8 Å². The third-order valence-electron chi connectivity index (χ3n) is 4.44. The fraction of sp³-hybridized carbons (Fsp3) is 0.211. The Balaban J connectivity index is 1.77. The summed E-state index contributed by atoms with van der Waals surface area (Å²) >= 11 is 6.86. The summed E-state index contributed by atoms with van der Waals surface area (Å²) in [5.41, 5.74) is 5.76. The molecule has 0 fully saturated rings. The highest BCUT2D eigenvalue weighted by molar-refractivity contribution is 6.25. The summed E-state index contributed by atoms with van der Waals surface area (Å²) in [6.07, 6.45) is 18.3. The van der Waals surface area contributed by atoms with Crippen LogP contribution in [-0.2, 0) is 12.1 Å². The molecular formula is C19H18ClN5. The van der Waals surface area contributed by atoms with Gasteiger partial charge in [-0.2, -0.15) is 5.10 Å². The summed E-state index contributed by atoms with van der Waals surface area (Å²) in [7, 11) is 0. The van der Waals surface area contributed by atoms with Gasteiger partial charge in [-0.1, -0.05) is 29.8 Å². The van der Waals surface area contributed by atoms with Crippen LogP contribution in [0.5, 0.6) is 0 Å². The van der Waals surface area contributed by atoms with E-state index in [1.165, 1.54) is 0 Å². The predicted octanol–water partition coefficient (Wildman–Crippen LogP) is 2.85. The summed E-state index contributed by atoms with van der Waals surface area (Å²) in [4.78, 5) is 7.73. The Labute approximate surface area is 151 Å². The average molecular weight is 352 g/mol. The lowest BCUT2D eigenvalue weighted by Gasteiger charge is -2.43. The molecule has 2 N–H and O–H groups in total. The Morgan fingerprint density at radius 3 is 2.76 bits per heavy atom. The van der Waals surface area contributed by atoms with Crippen LogP contribution in [0, 0.1) is 0 Å². The summed E-state index contributed by atoms with van der Waals surface area (Å²) in [5.74, 6) is 0. The van der Waals surface area contributed by atoms with Gasteiger partial charge in [-0.25, -0.2) is 0 Å². The van der Waals surface area contributed by atoms with Crippen LogP contribution in [0.2, 0.25) is 0 Å². The van der Waals surface area contributed by atoms with Gasteiger partial charge in [0.25, 0.3) is 0 Å². The zero-order valence-electron chi connectivity index (χ0n) is 13.6. The van der Waals surface area contributed by atoms with Gasteiger partial charge in [0.1, 0.15) is 10.7 Å². The predicted molar refractivity (Wildman–Crippen MR) is 99.2 cm³/mol. The second-order valence-electron chi connectivity index (χ2n) is 6.25. The summed E-state index contributed by atoms with van der Waals surface area (Å²) in [5, 5.41) is 7.98. The fourth-order valence-electron chi connectivity index (χ4n) is 3.27. The van der Waals surface area contributed by atoms with E-state index in [4.69, 9.17) is 11.6 Å². The van der Waals surface area contributed by atoms with Crippen LogP contribution in [0.15, 0.2) is 72.4 Å². The zero-order valence-corrected chi connectivity index (χ0v) is 14.3. The van der Waals surface area contributed by atoms with Gasteiger partial charge < -0.3 is 0 Å². The van der Waals surface area contributed by atoms with Crippen LogP contribution < -0.4 is 10.7 Å². The number of pyridine rings is 2. The highest BCUT2D eigenvalue weighted by Gasteiger charge is 2.42. The lowest BCUT2D eigenvalue weighted by Crippen LogP contribution is -2.61. The second-order valence-corrected chi connectivity index (χ2v) is 6.92. The van der Waals surface area contributed by atoms with Gasteiger partial charge in [-0.3, -0.25) is 20.7 Å². The van der Waals surface area contributed by atoms with E-state index in [9.17, 15) is 0 Å². The number of hydrogen-bond donors (Lipinski definition) is 2. The molecule has 25 heavy (non-hydrogen) atoms. The molecule has 2 aromatic rings. The molecule has 0 saturated heterocycles. The zero-order chi connectivity index (χ0) is 17.2. The molecule has 5 nitrogen and oxygen atoms in total. The number of halogens is 1. The molecular weight excluding hydrogens is 334 g/mol. The van der Waals surface area contributed by atoms with Crippen molar-refractivity contribution in [3.05, 3.63) is 84.0 Å². The molecule has 3 heterocycles. The number of fused-ring (bicyclic) bond motifs is 1. The Hall–Kier alpha value is -2.50. The van der Waals surface area contributed by atoms with Crippen LogP contribution in [0.4, 0.5) is 0 Å². The molecule has 4 rings (SSSR count). The van der Waals surface area contributed by atoms with E-state index < -0.39 is 10.7 Å². The van der Waals surface area contributed by atoms with Crippen molar-refractivity contribution in [2.24, 2.45) is 5.10 Å². The third-order valence-corrected chi connectivity index (χ3v) is 4.81. The largest absolute Gasteiger partial charge is 0.285 e. The van der Waals surface area contributed by atoms with Crippen molar-refractivity contribution in [3.63, 3.8) is 0 Å². The van der Waals surface area contributed by atoms with E-state index in [0.29, 0.717) is 12.8 Å². The van der Waals surface area contributed by atoms with E-state index in [-0.39, 0.29) is 0 Å². The van der Waals surface area contributed by atoms with Gasteiger partial charge in [0.2, 0.25) is 0 Å². The molecule has 2 aliphatic rings. The molecule has 1 aliphatic heterocycles. The van der Waals surface area contributed by atoms with Crippen LogP contribution >= 0.6 is 11.6 Å². The van der Waals surface area contributed by atoms with E-state index in [1.54, 1.807) is 24.8 Å². The van der Waals surface area contributed by atoms with Crippen LogP contribution in [-0.4, -0.2) is 21.2 Å². The Bertz CT molecular complexity index is 848. The molecule has 0 amide bonds.